The van der Waals surface area contributed by atoms with E-state index in [1.54, 1.807) is 42.5 Å². The zero-order chi connectivity index (χ0) is 103. The summed E-state index contributed by atoms with van der Waals surface area (Å²) in [6.45, 7) is 41.8. The molecule has 740 valence electrons. The second-order valence-corrected chi connectivity index (χ2v) is 44.0. The number of carbonyl (C=O) groups excluding carboxylic acids is 4. The van der Waals surface area contributed by atoms with Crippen LogP contribution in [-0.4, -0.2) is 178 Å². The zero-order valence-corrected chi connectivity index (χ0v) is 88.8. The van der Waals surface area contributed by atoms with Crippen LogP contribution >= 0.6 is 0 Å². The summed E-state index contributed by atoms with van der Waals surface area (Å²) in [7, 11) is -1.24. The summed E-state index contributed by atoms with van der Waals surface area (Å²) >= 11 is 0. The Kier molecular flexibility index (Phi) is 31.5. The molecule has 0 amide bonds. The predicted octanol–water partition coefficient (Wildman–Crippen LogP) is 11.8. The molecule has 15 rings (SSSR count). The molecule has 0 bridgehead atoms. The number of allylic oxidation sites excluding steroid dienone is 11. The molecule has 7 heterocycles. The molecule has 29 nitrogen and oxygen atoms in total. The van der Waals surface area contributed by atoms with Gasteiger partial charge in [0.2, 0.25) is 28.2 Å². The largest absolute Gasteiger partial charge is 1.00 e. The fourth-order valence-electron chi connectivity index (χ4n) is 20.7. The van der Waals surface area contributed by atoms with Gasteiger partial charge in [0.25, 0.3) is 5.43 Å². The quantitative estimate of drug-likeness (QED) is 0.00574. The number of ether oxygens (including phenoxy) is 2. The van der Waals surface area contributed by atoms with E-state index in [2.05, 4.69) is 145 Å². The van der Waals surface area contributed by atoms with Gasteiger partial charge in [-0.2, -0.15) is 9.15 Å². The number of Topliss-reactive ketones (excluding diaryl/α,β-unsaturated/α-hetero) is 2. The number of hydrogen-bond donors (Lipinski definition) is 3. The van der Waals surface area contributed by atoms with E-state index < -0.39 is 99.6 Å². The van der Waals surface area contributed by atoms with E-state index in [0.29, 0.717) is 105 Å². The number of unbranched alkanes of at least 4 members (excludes halogenated alkanes) is 7. The second-order valence-electron chi connectivity index (χ2n) is 41.2. The Morgan fingerprint density at radius 3 is 1.04 bits per heavy atom. The van der Waals surface area contributed by atoms with Crippen molar-refractivity contribution in [3.05, 3.63) is 225 Å². The second kappa shape index (κ2) is 40.5. The van der Waals surface area contributed by atoms with Crippen LogP contribution < -0.4 is 70.1 Å². The number of nitrogens with zero attached hydrogens (tertiary/aromatic N) is 7. The summed E-state index contributed by atoms with van der Waals surface area (Å²) in [6, 6.07) is 23.7. The van der Waals surface area contributed by atoms with E-state index in [4.69, 9.17) is 20.1 Å². The maximum absolute atomic E-state index is 14.2. The smallest absolute Gasteiger partial charge is 0.871 e. The Labute approximate surface area is 842 Å². The zero-order valence-electron chi connectivity index (χ0n) is 85.2. The molecular formula is C108H129N7NaO22S2+. The number of anilines is 3. The first-order chi connectivity index (χ1) is 64.5. The molecule has 6 aromatic rings. The van der Waals surface area contributed by atoms with Crippen molar-refractivity contribution < 1.29 is 142 Å². The number of hydrogen-bond acceptors (Lipinski definition) is 22. The third-order valence-corrected chi connectivity index (χ3v) is 31.3. The summed E-state index contributed by atoms with van der Waals surface area (Å²) in [4.78, 5) is 111. The fourth-order valence-corrected chi connectivity index (χ4v) is 21.7. The normalized spacial score (nSPS) is 19.6. The van der Waals surface area contributed by atoms with Crippen LogP contribution in [0.2, 0.25) is 0 Å². The number of carbonyl (C=O) groups is 7. The SMILES string of the molecule is CC(=O)OC(C)=O.CC1=[N+](C)c2cc3c(cc2C1(C)C)[N+](C)=C(C)C3(C)C.CCCCOc1c(C=C2N(CCCCCC(=O)O)c3ccc(S(=O)(=O)[O-])cc3C2(C)C)c(=O)c1=O.Cc1ccc2c(c1)C(C)(C)C(=CC1=C([O-])C(=CC3=[N+](C)c4cc5c(cc4C3(C)C)[N+](C)=C(C=C3C(=O)C(C=C4N(CCCCCC(=O)O)c6ccc(S(=O)(=O)[O-])cc6C4(C)C)=C3[O-])C5(C)C)C1=O)N2CCCCCC(=O)O.[Na+]. The van der Waals surface area contributed by atoms with Gasteiger partial charge in [-0.25, -0.2) is 26.0 Å². The van der Waals surface area contributed by atoms with Crippen LogP contribution in [0.4, 0.5) is 39.8 Å². The van der Waals surface area contributed by atoms with Crippen LogP contribution in [0.5, 0.6) is 5.75 Å². The molecule has 0 fully saturated rings. The summed E-state index contributed by atoms with van der Waals surface area (Å²) in [5.74, 6) is -5.18. The van der Waals surface area contributed by atoms with Crippen molar-refractivity contribution in [2.75, 3.05) is 69.1 Å². The molecule has 9 aliphatic rings. The van der Waals surface area contributed by atoms with Gasteiger partial charge in [-0.3, -0.25) is 43.2 Å². The molecule has 0 saturated heterocycles. The van der Waals surface area contributed by atoms with E-state index >= 15 is 0 Å². The Bertz CT molecular complexity index is 6870. The summed E-state index contributed by atoms with van der Waals surface area (Å²) in [5, 5.41) is 55.5. The Morgan fingerprint density at radius 2 is 0.729 bits per heavy atom. The number of carboxylic acid groups (broad SMARTS) is 3. The van der Waals surface area contributed by atoms with Crippen molar-refractivity contribution in [3.63, 3.8) is 0 Å². The Balaban J connectivity index is 0.000000241. The molecule has 0 spiro atoms. The van der Waals surface area contributed by atoms with Crippen LogP contribution in [0.25, 0.3) is 6.08 Å². The molecule has 6 aromatic carbocycles. The minimum Gasteiger partial charge on any atom is -0.871 e. The monoisotopic (exact) mass is 1960 g/mol. The van der Waals surface area contributed by atoms with Gasteiger partial charge in [-0.05, 0) is 185 Å². The maximum atomic E-state index is 14.2. The molecule has 0 unspecified atom stereocenters. The number of aryl methyl sites for hydroxylation is 1. The molecule has 3 N–H and O–H groups in total. The van der Waals surface area contributed by atoms with Crippen LogP contribution in [-0.2, 0) is 96.4 Å². The number of carboxylic acids is 3. The predicted molar refractivity (Wildman–Crippen MR) is 528 cm³/mol. The first-order valence-corrected chi connectivity index (χ1v) is 50.1. The van der Waals surface area contributed by atoms with Gasteiger partial charge >= 0.3 is 59.4 Å². The summed E-state index contributed by atoms with van der Waals surface area (Å²) in [6.07, 6.45) is 15.6. The van der Waals surface area contributed by atoms with Crippen molar-refractivity contribution >= 4 is 130 Å². The van der Waals surface area contributed by atoms with E-state index in [0.717, 1.165) is 82.1 Å². The van der Waals surface area contributed by atoms with Gasteiger partial charge < -0.3 is 58.8 Å². The van der Waals surface area contributed by atoms with Gasteiger partial charge in [-0.1, -0.05) is 103 Å². The Hall–Kier alpha value is -11.5. The molecule has 0 saturated carbocycles. The van der Waals surface area contributed by atoms with Crippen molar-refractivity contribution in [2.45, 2.75) is 276 Å². The molecule has 0 radical (unpaired) electrons. The molecule has 140 heavy (non-hydrogen) atoms. The average Bonchev–Trinajstić information content (AvgIpc) is 1.56. The number of rotatable bonds is 29. The number of esters is 2. The molecule has 32 heteroatoms. The fraction of sp³-hybridized carbons (Fsp3) is 0.454. The minimum absolute atomic E-state index is 0. The molecule has 7 aliphatic heterocycles. The molecular weight excluding hydrogens is 1830 g/mol. The number of aliphatic carboxylic acids is 3. The molecule has 0 atom stereocenters. The summed E-state index contributed by atoms with van der Waals surface area (Å²) < 4.78 is 89.5. The maximum Gasteiger partial charge on any atom is 1.00 e. The molecule has 0 aromatic heterocycles. The van der Waals surface area contributed by atoms with Crippen molar-refractivity contribution in [1.82, 2.24) is 0 Å². The number of fused-ring (bicyclic) bond motifs is 7. The van der Waals surface area contributed by atoms with Gasteiger partial charge in [0.1, 0.15) is 48.4 Å². The van der Waals surface area contributed by atoms with E-state index in [9.17, 15) is 79.3 Å². The third-order valence-electron chi connectivity index (χ3n) is 29.6. The third kappa shape index (κ3) is 20.4. The summed E-state index contributed by atoms with van der Waals surface area (Å²) in [5.41, 5.74) is 17.4. The van der Waals surface area contributed by atoms with E-state index in [1.165, 1.54) is 72.0 Å². The van der Waals surface area contributed by atoms with E-state index in [-0.39, 0.29) is 115 Å². The van der Waals surface area contributed by atoms with Crippen molar-refractivity contribution in [1.29, 1.82) is 0 Å². The number of ketones is 2. The first kappa shape index (κ1) is 109. The number of benzene rings is 5. The first-order valence-electron chi connectivity index (χ1n) is 47.3. The van der Waals surface area contributed by atoms with Crippen LogP contribution in [0.3, 0.4) is 0 Å². The van der Waals surface area contributed by atoms with Gasteiger partial charge in [0.15, 0.2) is 40.2 Å². The minimum atomic E-state index is -4.78. The van der Waals surface area contributed by atoms with Crippen LogP contribution in [0.1, 0.15) is 272 Å². The van der Waals surface area contributed by atoms with Crippen molar-refractivity contribution in [3.8, 4) is 5.75 Å². The Morgan fingerprint density at radius 1 is 0.407 bits per heavy atom. The van der Waals surface area contributed by atoms with Gasteiger partial charge in [-0.15, -0.1) is 0 Å². The van der Waals surface area contributed by atoms with Crippen molar-refractivity contribution in [2.24, 2.45) is 0 Å². The van der Waals surface area contributed by atoms with Gasteiger partial charge in [0, 0.05) is 198 Å². The van der Waals surface area contributed by atoms with Gasteiger partial charge in [0.05, 0.1) is 43.6 Å². The average molecular weight is 1960 g/mol. The van der Waals surface area contributed by atoms with Crippen LogP contribution in [0, 0.1) is 6.92 Å². The van der Waals surface area contributed by atoms with E-state index in [1.807, 2.05) is 88.4 Å². The molecule has 2 aliphatic carbocycles. The van der Waals surface area contributed by atoms with Crippen LogP contribution in [0.15, 0.2) is 173 Å². The standard InChI is InChI=1S/C61H68N4O11S.C25H31NO8S.C18H26N2.C4H6O3.Na/c1-34-20-22-44-40(26-34)60(6,7)50(64(44)24-16-12-14-18-52(66)67)30-38-54(70)36(55(38)71)28-48-58(2,3)42-32-47-43(33-46(42)62(48)10)59(4,5)49(63(47)11)29-37-56(72)39(57(37)73)31-51-61(8,9)41-27-35(77(74,75)76)21-23-45(41)65(51)25-17-13-15-19-53(68)69;1-4-5-13-34-24-17(22(29)23(24)30)15-20-25(2,3)18-14-16(35(31,32)33)10-11-19(18)26(20)12-8-6-7-9-21(27)28;1-11-17(3,4)13-9-16-14(10-15(13)19(11)7)18(5,6)12(2)20(16)8;1-3(5)7-4(2)6;/h20-23,26-33H,12-19,24-25H2,1-11H3,(H3-2,66,67,68,69,70,71,72,73,74,75,76);10-11,14-15H,4-9,12-13H2,1-3H3,(H,27,28)(H,31,32,33);9-10H,1-8H3;1-2H3;/q;;+2;;+1/p-2. The topological polar surface area (TPSA) is 415 Å².